The van der Waals surface area contributed by atoms with E-state index in [0.717, 1.165) is 35.7 Å². The average molecular weight is 391 g/mol. The van der Waals surface area contributed by atoms with Crippen LogP contribution in [0.25, 0.3) is 10.6 Å². The molecule has 2 aromatic rings. The fourth-order valence-electron chi connectivity index (χ4n) is 3.33. The van der Waals surface area contributed by atoms with Gasteiger partial charge in [-0.1, -0.05) is 0 Å². The minimum Gasteiger partial charge on any atom is -0.493 e. The highest BCUT2D eigenvalue weighted by atomic mass is 32.1. The highest BCUT2D eigenvalue weighted by Gasteiger charge is 2.27. The molecule has 3 rings (SSSR count). The van der Waals surface area contributed by atoms with Crippen molar-refractivity contribution < 1.29 is 19.0 Å². The van der Waals surface area contributed by atoms with E-state index in [1.165, 1.54) is 11.3 Å². The van der Waals surface area contributed by atoms with Crippen molar-refractivity contribution in [2.24, 2.45) is 0 Å². The van der Waals surface area contributed by atoms with Crippen LogP contribution in [0.2, 0.25) is 0 Å². The Hall–Kier alpha value is -2.12. The Kier molecular flexibility index (Phi) is 6.34. The van der Waals surface area contributed by atoms with E-state index in [0.29, 0.717) is 29.5 Å². The minimum absolute atomic E-state index is 0.0427. The number of likely N-dealkylation sites (tertiary alicyclic amines) is 1. The number of benzene rings is 1. The number of nitrogens with zero attached hydrogens (tertiary/aromatic N) is 2. The number of rotatable bonds is 6. The molecular weight excluding hydrogens is 364 g/mol. The van der Waals surface area contributed by atoms with Crippen molar-refractivity contribution in [2.45, 2.75) is 32.8 Å². The Morgan fingerprint density at radius 1 is 1.30 bits per heavy atom. The fourth-order valence-corrected chi connectivity index (χ4v) is 4.36. The first-order chi connectivity index (χ1) is 13.1. The molecule has 2 heterocycles. The number of aromatic nitrogens is 1. The van der Waals surface area contributed by atoms with E-state index in [1.54, 1.807) is 14.2 Å². The van der Waals surface area contributed by atoms with Crippen LogP contribution in [-0.2, 0) is 4.74 Å². The summed E-state index contributed by atoms with van der Waals surface area (Å²) in [6.45, 7) is 5.97. The van der Waals surface area contributed by atoms with Crippen molar-refractivity contribution in [3.8, 4) is 22.1 Å². The Labute approximate surface area is 164 Å². The normalized spacial score (nSPS) is 17.0. The van der Waals surface area contributed by atoms with Crippen LogP contribution in [0.4, 0.5) is 0 Å². The maximum absolute atomic E-state index is 13.0. The number of hydrogen-bond acceptors (Lipinski definition) is 6. The van der Waals surface area contributed by atoms with Crippen LogP contribution < -0.4 is 9.47 Å². The first kappa shape index (κ1) is 19.6. The van der Waals surface area contributed by atoms with E-state index in [4.69, 9.17) is 14.2 Å². The molecule has 1 aromatic heterocycles. The molecule has 1 aliphatic heterocycles. The molecule has 146 valence electrons. The van der Waals surface area contributed by atoms with Gasteiger partial charge in [0.05, 0.1) is 26.0 Å². The van der Waals surface area contributed by atoms with Crippen LogP contribution >= 0.6 is 11.3 Å². The quantitative estimate of drug-likeness (QED) is 0.751. The lowest BCUT2D eigenvalue weighted by atomic mass is 10.1. The summed E-state index contributed by atoms with van der Waals surface area (Å²) in [6, 6.07) is 5.67. The third-order valence-electron chi connectivity index (χ3n) is 4.69. The first-order valence-electron chi connectivity index (χ1n) is 9.18. The molecule has 6 nitrogen and oxygen atoms in total. The van der Waals surface area contributed by atoms with Crippen LogP contribution in [0.5, 0.6) is 11.5 Å². The molecule has 0 bridgehead atoms. The predicted molar refractivity (Wildman–Crippen MR) is 106 cm³/mol. The Morgan fingerprint density at radius 3 is 2.78 bits per heavy atom. The largest absolute Gasteiger partial charge is 0.493 e. The third-order valence-corrected chi connectivity index (χ3v) is 5.88. The highest BCUT2D eigenvalue weighted by molar-refractivity contribution is 7.17. The molecule has 0 saturated carbocycles. The van der Waals surface area contributed by atoms with Crippen LogP contribution in [0.1, 0.15) is 35.1 Å². The fraction of sp³-hybridized carbons (Fsp3) is 0.500. The molecule has 0 spiro atoms. The number of carbonyl (C=O) groups is 1. The summed E-state index contributed by atoms with van der Waals surface area (Å²) >= 11 is 1.42. The lowest BCUT2D eigenvalue weighted by molar-refractivity contribution is 0.00738. The molecule has 1 fully saturated rings. The molecule has 0 N–H and O–H groups in total. The maximum atomic E-state index is 13.0. The summed E-state index contributed by atoms with van der Waals surface area (Å²) in [6.07, 6.45) is 2.11. The number of ether oxygens (including phenoxy) is 3. The van der Waals surface area contributed by atoms with Gasteiger partial charge in [0, 0.05) is 25.3 Å². The molecule has 7 heteroatoms. The monoisotopic (exact) mass is 390 g/mol. The van der Waals surface area contributed by atoms with E-state index in [9.17, 15) is 4.79 Å². The summed E-state index contributed by atoms with van der Waals surface area (Å²) in [5.74, 6) is 1.36. The van der Waals surface area contributed by atoms with E-state index >= 15 is 0 Å². The van der Waals surface area contributed by atoms with Crippen molar-refractivity contribution >= 4 is 17.2 Å². The van der Waals surface area contributed by atoms with E-state index in [-0.39, 0.29) is 12.0 Å². The second-order valence-corrected chi connectivity index (χ2v) is 7.47. The molecule has 1 atom stereocenters. The van der Waals surface area contributed by atoms with Crippen LogP contribution in [0.3, 0.4) is 0 Å². The van der Waals surface area contributed by atoms with Crippen molar-refractivity contribution in [1.29, 1.82) is 0 Å². The van der Waals surface area contributed by atoms with E-state index in [2.05, 4.69) is 4.98 Å². The zero-order valence-electron chi connectivity index (χ0n) is 16.3. The van der Waals surface area contributed by atoms with Gasteiger partial charge in [0.2, 0.25) is 0 Å². The molecule has 1 unspecified atom stereocenters. The minimum atomic E-state index is 0.0427. The Balaban J connectivity index is 1.83. The number of piperidine rings is 1. The number of aryl methyl sites for hydroxylation is 1. The molecule has 0 radical (unpaired) electrons. The van der Waals surface area contributed by atoms with Gasteiger partial charge in [-0.15, -0.1) is 11.3 Å². The summed E-state index contributed by atoms with van der Waals surface area (Å²) in [7, 11) is 3.21. The number of carbonyl (C=O) groups excluding carboxylic acids is 1. The second-order valence-electron chi connectivity index (χ2n) is 6.47. The smallest absolute Gasteiger partial charge is 0.265 e. The van der Waals surface area contributed by atoms with Crippen LogP contribution in [0, 0.1) is 6.92 Å². The lowest BCUT2D eigenvalue weighted by Crippen LogP contribution is -2.43. The van der Waals surface area contributed by atoms with Crippen molar-refractivity contribution in [3.05, 3.63) is 28.8 Å². The number of hydrogen-bond donors (Lipinski definition) is 0. The molecule has 1 aromatic carbocycles. The maximum Gasteiger partial charge on any atom is 0.265 e. The molecule has 1 amide bonds. The van der Waals surface area contributed by atoms with Gasteiger partial charge in [-0.2, -0.15) is 0 Å². The average Bonchev–Trinajstić information content (AvgIpc) is 3.09. The van der Waals surface area contributed by atoms with Crippen LogP contribution in [-0.4, -0.2) is 55.8 Å². The van der Waals surface area contributed by atoms with Gasteiger partial charge in [0.1, 0.15) is 9.88 Å². The van der Waals surface area contributed by atoms with Gasteiger partial charge in [-0.25, -0.2) is 4.98 Å². The summed E-state index contributed by atoms with van der Waals surface area (Å²) in [5, 5.41) is 0.801. The van der Waals surface area contributed by atoms with Crippen molar-refractivity contribution in [2.75, 3.05) is 33.9 Å². The zero-order chi connectivity index (χ0) is 19.4. The highest BCUT2D eigenvalue weighted by Crippen LogP contribution is 2.35. The lowest BCUT2D eigenvalue weighted by Gasteiger charge is -2.32. The van der Waals surface area contributed by atoms with Crippen molar-refractivity contribution in [1.82, 2.24) is 9.88 Å². The number of thiazole rings is 1. The zero-order valence-corrected chi connectivity index (χ0v) is 17.1. The number of methoxy groups -OCH3 is 2. The van der Waals surface area contributed by atoms with Gasteiger partial charge in [-0.05, 0) is 44.9 Å². The molecule has 27 heavy (non-hydrogen) atoms. The third kappa shape index (κ3) is 4.25. The number of amides is 1. The second kappa shape index (κ2) is 8.71. The van der Waals surface area contributed by atoms with E-state index in [1.807, 2.05) is 36.9 Å². The van der Waals surface area contributed by atoms with Crippen LogP contribution in [0.15, 0.2) is 18.2 Å². The first-order valence-corrected chi connectivity index (χ1v) is 9.99. The topological polar surface area (TPSA) is 60.9 Å². The summed E-state index contributed by atoms with van der Waals surface area (Å²) in [5.41, 5.74) is 1.67. The molecular formula is C20H26N2O4S. The summed E-state index contributed by atoms with van der Waals surface area (Å²) < 4.78 is 16.4. The Bertz CT molecular complexity index is 803. The van der Waals surface area contributed by atoms with Gasteiger partial charge < -0.3 is 19.1 Å². The standard InChI is InChI=1S/C20H26N2O4S/c1-5-26-15-7-6-10-22(12-15)20(23)18-13(2)21-19(27-18)14-8-9-16(24-3)17(11-14)25-4/h8-9,11,15H,5-7,10,12H2,1-4H3. The van der Waals surface area contributed by atoms with Gasteiger partial charge >= 0.3 is 0 Å². The Morgan fingerprint density at radius 2 is 2.07 bits per heavy atom. The SMILES string of the molecule is CCOC1CCCN(C(=O)c2sc(-c3ccc(OC)c(OC)c3)nc2C)C1. The summed E-state index contributed by atoms with van der Waals surface area (Å²) in [4.78, 5) is 20.2. The molecule has 1 saturated heterocycles. The van der Waals surface area contributed by atoms with Gasteiger partial charge in [0.25, 0.3) is 5.91 Å². The predicted octanol–water partition coefficient (Wildman–Crippen LogP) is 3.78. The molecule has 0 aliphatic carbocycles. The van der Waals surface area contributed by atoms with E-state index < -0.39 is 0 Å². The molecule has 1 aliphatic rings. The van der Waals surface area contributed by atoms with Crippen molar-refractivity contribution in [3.63, 3.8) is 0 Å². The van der Waals surface area contributed by atoms with Gasteiger partial charge in [-0.3, -0.25) is 4.79 Å². The van der Waals surface area contributed by atoms with Gasteiger partial charge in [0.15, 0.2) is 11.5 Å².